The van der Waals surface area contributed by atoms with Crippen molar-refractivity contribution in [3.8, 4) is 0 Å². The van der Waals surface area contributed by atoms with Crippen LogP contribution in [0.5, 0.6) is 0 Å². The molecule has 1 aliphatic carbocycles. The van der Waals surface area contributed by atoms with Gasteiger partial charge >= 0.3 is 12.0 Å². The van der Waals surface area contributed by atoms with E-state index in [4.69, 9.17) is 5.11 Å². The van der Waals surface area contributed by atoms with Gasteiger partial charge in [0.05, 0.1) is 0 Å². The second-order valence-electron chi connectivity index (χ2n) is 5.97. The van der Waals surface area contributed by atoms with E-state index in [2.05, 4.69) is 5.32 Å². The molecule has 0 atom stereocenters. The zero-order chi connectivity index (χ0) is 13.8. The predicted octanol–water partition coefficient (Wildman–Crippen LogP) is 2.07. The third-order valence-electron chi connectivity index (χ3n) is 3.11. The summed E-state index contributed by atoms with van der Waals surface area (Å²) in [6.07, 6.45) is 4.78. The molecule has 0 saturated heterocycles. The molecular weight excluding hydrogens is 232 g/mol. The zero-order valence-corrected chi connectivity index (χ0v) is 11.5. The van der Waals surface area contributed by atoms with Crippen molar-refractivity contribution in [2.24, 2.45) is 5.92 Å². The highest BCUT2D eigenvalue weighted by Crippen LogP contribution is 2.33. The number of carboxylic acid groups (broad SMARTS) is 1. The van der Waals surface area contributed by atoms with Crippen LogP contribution in [-0.2, 0) is 4.79 Å². The first-order valence-corrected chi connectivity index (χ1v) is 6.58. The van der Waals surface area contributed by atoms with Crippen LogP contribution in [0.2, 0.25) is 0 Å². The van der Waals surface area contributed by atoms with Crippen LogP contribution in [-0.4, -0.2) is 40.6 Å². The third kappa shape index (κ3) is 5.38. The number of aliphatic carboxylic acids is 1. The number of nitrogens with zero attached hydrogens (tertiary/aromatic N) is 1. The third-order valence-corrected chi connectivity index (χ3v) is 3.11. The lowest BCUT2D eigenvalue weighted by atomic mass is 10.1. The minimum Gasteiger partial charge on any atom is -0.480 e. The Morgan fingerprint density at radius 2 is 1.94 bits per heavy atom. The van der Waals surface area contributed by atoms with Crippen molar-refractivity contribution in [2.75, 3.05) is 13.1 Å². The number of hydrogen-bond acceptors (Lipinski definition) is 2. The summed E-state index contributed by atoms with van der Waals surface area (Å²) in [5.74, 6) is -0.127. The molecule has 18 heavy (non-hydrogen) atoms. The average Bonchev–Trinajstić information content (AvgIpc) is 3.02. The van der Waals surface area contributed by atoms with Gasteiger partial charge in [0, 0.05) is 12.1 Å². The molecule has 0 unspecified atom stereocenters. The van der Waals surface area contributed by atoms with Gasteiger partial charge in [-0.1, -0.05) is 12.8 Å². The fraction of sp³-hybridized carbons (Fsp3) is 0.846. The maximum atomic E-state index is 11.9. The smallest absolute Gasteiger partial charge is 0.323 e. The minimum atomic E-state index is -0.988. The first-order chi connectivity index (χ1) is 8.30. The molecule has 0 heterocycles. The summed E-state index contributed by atoms with van der Waals surface area (Å²) in [5, 5.41) is 11.6. The van der Waals surface area contributed by atoms with E-state index in [-0.39, 0.29) is 12.6 Å². The zero-order valence-electron chi connectivity index (χ0n) is 11.5. The van der Waals surface area contributed by atoms with Gasteiger partial charge in [-0.25, -0.2) is 4.79 Å². The maximum absolute atomic E-state index is 11.9. The van der Waals surface area contributed by atoms with Crippen molar-refractivity contribution in [3.63, 3.8) is 0 Å². The van der Waals surface area contributed by atoms with Crippen LogP contribution >= 0.6 is 0 Å². The van der Waals surface area contributed by atoms with E-state index in [1.807, 2.05) is 20.8 Å². The summed E-state index contributed by atoms with van der Waals surface area (Å²) >= 11 is 0. The van der Waals surface area contributed by atoms with Crippen LogP contribution in [0.1, 0.15) is 46.5 Å². The molecule has 0 bridgehead atoms. The number of hydrogen-bond donors (Lipinski definition) is 2. The number of carbonyl (C=O) groups excluding carboxylic acids is 1. The van der Waals surface area contributed by atoms with Gasteiger partial charge < -0.3 is 15.3 Å². The summed E-state index contributed by atoms with van der Waals surface area (Å²) in [6.45, 7) is 5.86. The number of rotatable bonds is 6. The molecule has 1 saturated carbocycles. The SMILES string of the molecule is CC(C)(C)N(CC(=O)O)C(=O)NCCCC1CC1. The lowest BCUT2D eigenvalue weighted by molar-refractivity contribution is -0.138. The number of urea groups is 1. The molecule has 0 radical (unpaired) electrons. The van der Waals surface area contributed by atoms with Gasteiger partial charge in [-0.3, -0.25) is 4.79 Å². The molecular formula is C13H24N2O3. The quantitative estimate of drug-likeness (QED) is 0.715. The lowest BCUT2D eigenvalue weighted by Crippen LogP contribution is -2.52. The first-order valence-electron chi connectivity index (χ1n) is 6.58. The highest BCUT2D eigenvalue weighted by molar-refractivity contribution is 5.80. The van der Waals surface area contributed by atoms with Crippen molar-refractivity contribution in [3.05, 3.63) is 0 Å². The van der Waals surface area contributed by atoms with E-state index in [1.165, 1.54) is 17.7 Å². The molecule has 0 aliphatic heterocycles. The standard InChI is InChI=1S/C13H24N2O3/c1-13(2,3)15(9-11(16)17)12(18)14-8-4-5-10-6-7-10/h10H,4-9H2,1-3H3,(H,14,18)(H,16,17). The summed E-state index contributed by atoms with van der Waals surface area (Å²) in [4.78, 5) is 24.1. The molecule has 5 heteroatoms. The van der Waals surface area contributed by atoms with Crippen molar-refractivity contribution in [1.29, 1.82) is 0 Å². The van der Waals surface area contributed by atoms with Gasteiger partial charge in [-0.2, -0.15) is 0 Å². The second-order valence-corrected chi connectivity index (χ2v) is 5.97. The Balaban J connectivity index is 2.35. The van der Waals surface area contributed by atoms with Gasteiger partial charge in [0.2, 0.25) is 0 Å². The second kappa shape index (κ2) is 6.07. The van der Waals surface area contributed by atoms with Crippen molar-refractivity contribution >= 4 is 12.0 Å². The number of amides is 2. The van der Waals surface area contributed by atoms with E-state index in [0.29, 0.717) is 6.54 Å². The van der Waals surface area contributed by atoms with Crippen LogP contribution in [0, 0.1) is 5.92 Å². The van der Waals surface area contributed by atoms with E-state index < -0.39 is 11.5 Å². The lowest BCUT2D eigenvalue weighted by Gasteiger charge is -2.34. The summed E-state index contributed by atoms with van der Waals surface area (Å²) in [6, 6.07) is -0.291. The molecule has 1 fully saturated rings. The van der Waals surface area contributed by atoms with Gasteiger partial charge in [-0.15, -0.1) is 0 Å². The van der Waals surface area contributed by atoms with E-state index in [0.717, 1.165) is 18.8 Å². The van der Waals surface area contributed by atoms with Crippen molar-refractivity contribution in [1.82, 2.24) is 10.2 Å². The molecule has 0 spiro atoms. The monoisotopic (exact) mass is 256 g/mol. The fourth-order valence-electron chi connectivity index (χ4n) is 1.84. The molecule has 0 aromatic heterocycles. The highest BCUT2D eigenvalue weighted by Gasteiger charge is 2.28. The van der Waals surface area contributed by atoms with Crippen molar-refractivity contribution < 1.29 is 14.7 Å². The normalized spacial score (nSPS) is 15.3. The van der Waals surface area contributed by atoms with E-state index in [1.54, 1.807) is 0 Å². The van der Waals surface area contributed by atoms with Crippen LogP contribution in [0.25, 0.3) is 0 Å². The van der Waals surface area contributed by atoms with Gasteiger partial charge in [-0.05, 0) is 39.5 Å². The Morgan fingerprint density at radius 3 is 2.39 bits per heavy atom. The van der Waals surface area contributed by atoms with Crippen LogP contribution in [0.4, 0.5) is 4.79 Å². The minimum absolute atomic E-state index is 0.266. The number of nitrogens with one attached hydrogen (secondary N) is 1. The molecule has 0 aromatic carbocycles. The number of carboxylic acids is 1. The molecule has 0 aromatic rings. The predicted molar refractivity (Wildman–Crippen MR) is 69.5 cm³/mol. The molecule has 2 N–H and O–H groups in total. The first kappa shape index (κ1) is 14.8. The Kier molecular flexibility index (Phi) is 4.99. The molecule has 104 valence electrons. The topological polar surface area (TPSA) is 69.6 Å². The fourth-order valence-corrected chi connectivity index (χ4v) is 1.84. The summed E-state index contributed by atoms with van der Waals surface area (Å²) in [5.41, 5.74) is -0.487. The molecule has 1 rings (SSSR count). The maximum Gasteiger partial charge on any atom is 0.323 e. The van der Waals surface area contributed by atoms with Gasteiger partial charge in [0.15, 0.2) is 0 Å². The van der Waals surface area contributed by atoms with Crippen LogP contribution in [0.3, 0.4) is 0 Å². The number of carbonyl (C=O) groups is 2. The largest absolute Gasteiger partial charge is 0.480 e. The van der Waals surface area contributed by atoms with Gasteiger partial charge in [0.25, 0.3) is 0 Å². The van der Waals surface area contributed by atoms with Crippen LogP contribution < -0.4 is 5.32 Å². The summed E-state index contributed by atoms with van der Waals surface area (Å²) < 4.78 is 0. The molecule has 2 amide bonds. The summed E-state index contributed by atoms with van der Waals surface area (Å²) in [7, 11) is 0. The Labute approximate surface area is 109 Å². The molecule has 5 nitrogen and oxygen atoms in total. The van der Waals surface area contributed by atoms with Crippen LogP contribution in [0.15, 0.2) is 0 Å². The van der Waals surface area contributed by atoms with Crippen molar-refractivity contribution in [2.45, 2.75) is 52.0 Å². The Morgan fingerprint density at radius 1 is 1.33 bits per heavy atom. The van der Waals surface area contributed by atoms with E-state index >= 15 is 0 Å². The highest BCUT2D eigenvalue weighted by atomic mass is 16.4. The van der Waals surface area contributed by atoms with E-state index in [9.17, 15) is 9.59 Å². The Bertz CT molecular complexity index is 306. The Hall–Kier alpha value is -1.26. The van der Waals surface area contributed by atoms with Gasteiger partial charge in [0.1, 0.15) is 6.54 Å². The molecule has 1 aliphatic rings. The average molecular weight is 256 g/mol.